The minimum Gasteiger partial charge on any atom is -0.369 e. The molecule has 1 atom stereocenters. The molecule has 1 aromatic rings. The molecule has 4 heteroatoms. The van der Waals surface area contributed by atoms with Crippen molar-refractivity contribution in [3.05, 3.63) is 34.9 Å². The lowest BCUT2D eigenvalue weighted by atomic mass is 10.1. The predicted molar refractivity (Wildman–Crippen MR) is 68.8 cm³/mol. The number of carbonyl (C=O) groups excluding carboxylic acids is 1. The Morgan fingerprint density at radius 2 is 2.18 bits per heavy atom. The van der Waals surface area contributed by atoms with Gasteiger partial charge in [0.15, 0.2) is 0 Å². The maximum atomic E-state index is 11.1. The molecule has 0 bridgehead atoms. The van der Waals surface area contributed by atoms with Gasteiger partial charge in [-0.1, -0.05) is 29.8 Å². The number of primary amides is 1. The molecule has 1 saturated carbocycles. The number of hydrogen-bond donors (Lipinski definition) is 1. The van der Waals surface area contributed by atoms with Gasteiger partial charge in [-0.3, -0.25) is 9.69 Å². The van der Waals surface area contributed by atoms with E-state index < -0.39 is 0 Å². The van der Waals surface area contributed by atoms with E-state index in [2.05, 4.69) is 11.8 Å². The van der Waals surface area contributed by atoms with Crippen molar-refractivity contribution >= 4 is 17.5 Å². The minimum atomic E-state index is -0.282. The third-order valence-corrected chi connectivity index (χ3v) is 3.55. The van der Waals surface area contributed by atoms with Gasteiger partial charge in [0.2, 0.25) is 5.91 Å². The molecule has 0 spiro atoms. The van der Waals surface area contributed by atoms with Crippen LogP contribution in [0.5, 0.6) is 0 Å². The first-order valence-corrected chi connectivity index (χ1v) is 6.26. The Morgan fingerprint density at radius 3 is 2.71 bits per heavy atom. The van der Waals surface area contributed by atoms with Crippen LogP contribution in [-0.4, -0.2) is 23.4 Å². The van der Waals surface area contributed by atoms with Gasteiger partial charge >= 0.3 is 0 Å². The van der Waals surface area contributed by atoms with Crippen molar-refractivity contribution in [1.82, 2.24) is 4.90 Å². The van der Waals surface area contributed by atoms with Crippen LogP contribution in [0.15, 0.2) is 24.3 Å². The van der Waals surface area contributed by atoms with Crippen molar-refractivity contribution in [3.63, 3.8) is 0 Å². The van der Waals surface area contributed by atoms with E-state index in [1.54, 1.807) is 0 Å². The van der Waals surface area contributed by atoms with Gasteiger partial charge in [-0.25, -0.2) is 0 Å². The van der Waals surface area contributed by atoms with Crippen molar-refractivity contribution in [1.29, 1.82) is 0 Å². The van der Waals surface area contributed by atoms with E-state index in [-0.39, 0.29) is 11.9 Å². The van der Waals surface area contributed by atoms with Gasteiger partial charge in [-0.15, -0.1) is 0 Å². The zero-order valence-electron chi connectivity index (χ0n) is 9.90. The van der Waals surface area contributed by atoms with Gasteiger partial charge in [-0.05, 0) is 31.4 Å². The van der Waals surface area contributed by atoms with Crippen LogP contribution in [0.2, 0.25) is 5.02 Å². The Hall–Kier alpha value is -1.06. The monoisotopic (exact) mass is 252 g/mol. The largest absolute Gasteiger partial charge is 0.369 e. The standard InChI is InChI=1S/C13H17ClN2O/c1-9(11-4-2-3-5-12(11)14)16(8-13(15)17)10-6-7-10/h2-5,9-10H,6-8H2,1H3,(H2,15,17). The highest BCUT2D eigenvalue weighted by molar-refractivity contribution is 6.31. The molecule has 0 aromatic heterocycles. The fraction of sp³-hybridized carbons (Fsp3) is 0.462. The zero-order chi connectivity index (χ0) is 12.4. The summed E-state index contributed by atoms with van der Waals surface area (Å²) in [4.78, 5) is 13.3. The number of halogens is 1. The van der Waals surface area contributed by atoms with Gasteiger partial charge in [0.05, 0.1) is 6.54 Å². The number of carbonyl (C=O) groups is 1. The molecular formula is C13H17ClN2O. The van der Waals surface area contributed by atoms with Crippen LogP contribution in [0.3, 0.4) is 0 Å². The number of amides is 1. The summed E-state index contributed by atoms with van der Waals surface area (Å²) >= 11 is 6.18. The van der Waals surface area contributed by atoms with E-state index >= 15 is 0 Å². The van der Waals surface area contributed by atoms with E-state index in [0.29, 0.717) is 12.6 Å². The minimum absolute atomic E-state index is 0.128. The van der Waals surface area contributed by atoms with Crippen LogP contribution in [0.25, 0.3) is 0 Å². The van der Waals surface area contributed by atoms with Crippen molar-refractivity contribution in [3.8, 4) is 0 Å². The zero-order valence-corrected chi connectivity index (χ0v) is 10.7. The SMILES string of the molecule is CC(c1ccccc1Cl)N(CC(N)=O)C1CC1. The first-order valence-electron chi connectivity index (χ1n) is 5.88. The molecule has 0 aliphatic heterocycles. The van der Waals surface area contributed by atoms with Crippen LogP contribution in [0, 0.1) is 0 Å². The van der Waals surface area contributed by atoms with Crippen molar-refractivity contribution in [2.75, 3.05) is 6.54 Å². The number of nitrogens with two attached hydrogens (primary N) is 1. The lowest BCUT2D eigenvalue weighted by molar-refractivity contribution is -0.119. The molecule has 3 nitrogen and oxygen atoms in total. The van der Waals surface area contributed by atoms with Gasteiger partial charge in [0.1, 0.15) is 0 Å². The van der Waals surface area contributed by atoms with Gasteiger partial charge in [-0.2, -0.15) is 0 Å². The first kappa shape index (κ1) is 12.4. The van der Waals surface area contributed by atoms with Crippen molar-refractivity contribution < 1.29 is 4.79 Å². The number of hydrogen-bond acceptors (Lipinski definition) is 2. The average Bonchev–Trinajstić information content (AvgIpc) is 3.09. The maximum absolute atomic E-state index is 11.1. The highest BCUT2D eigenvalue weighted by Crippen LogP contribution is 2.35. The van der Waals surface area contributed by atoms with Gasteiger partial charge < -0.3 is 5.73 Å². The Labute approximate surface area is 107 Å². The topological polar surface area (TPSA) is 46.3 Å². The average molecular weight is 253 g/mol. The number of benzene rings is 1. The summed E-state index contributed by atoms with van der Waals surface area (Å²) in [6, 6.07) is 8.37. The normalized spacial score (nSPS) is 17.1. The molecule has 1 aliphatic rings. The summed E-state index contributed by atoms with van der Waals surface area (Å²) in [6.07, 6.45) is 2.28. The van der Waals surface area contributed by atoms with Crippen molar-refractivity contribution in [2.24, 2.45) is 5.73 Å². The lowest BCUT2D eigenvalue weighted by Gasteiger charge is -2.28. The number of nitrogens with zero attached hydrogens (tertiary/aromatic N) is 1. The summed E-state index contributed by atoms with van der Waals surface area (Å²) in [5, 5.41) is 0.745. The van der Waals surface area contributed by atoms with Crippen molar-refractivity contribution in [2.45, 2.75) is 31.8 Å². The first-order chi connectivity index (χ1) is 8.09. The van der Waals surface area contributed by atoms with Crippen LogP contribution in [0.4, 0.5) is 0 Å². The van der Waals surface area contributed by atoms with E-state index in [0.717, 1.165) is 23.4 Å². The van der Waals surface area contributed by atoms with Crippen LogP contribution >= 0.6 is 11.6 Å². The molecule has 1 unspecified atom stereocenters. The summed E-state index contributed by atoms with van der Waals surface area (Å²) in [5.74, 6) is -0.282. The fourth-order valence-corrected chi connectivity index (χ4v) is 2.45. The second-order valence-electron chi connectivity index (χ2n) is 4.57. The maximum Gasteiger partial charge on any atom is 0.231 e. The summed E-state index contributed by atoms with van der Waals surface area (Å²) < 4.78 is 0. The second kappa shape index (κ2) is 5.07. The molecular weight excluding hydrogens is 236 g/mol. The summed E-state index contributed by atoms with van der Waals surface area (Å²) in [6.45, 7) is 2.37. The third-order valence-electron chi connectivity index (χ3n) is 3.21. The molecule has 1 aromatic carbocycles. The lowest BCUT2D eigenvalue weighted by Crippen LogP contribution is -2.37. The van der Waals surface area contributed by atoms with E-state index in [1.165, 1.54) is 0 Å². The molecule has 0 heterocycles. The van der Waals surface area contributed by atoms with Gasteiger partial charge in [0.25, 0.3) is 0 Å². The van der Waals surface area contributed by atoms with E-state index in [9.17, 15) is 4.79 Å². The molecule has 17 heavy (non-hydrogen) atoms. The Bertz CT molecular complexity index is 418. The molecule has 0 radical (unpaired) electrons. The van der Waals surface area contributed by atoms with Gasteiger partial charge in [0, 0.05) is 17.1 Å². The molecule has 92 valence electrons. The highest BCUT2D eigenvalue weighted by Gasteiger charge is 2.34. The molecule has 1 amide bonds. The fourth-order valence-electron chi connectivity index (χ4n) is 2.16. The molecule has 2 N–H and O–H groups in total. The number of rotatable bonds is 5. The summed E-state index contributed by atoms with van der Waals surface area (Å²) in [7, 11) is 0. The highest BCUT2D eigenvalue weighted by atomic mass is 35.5. The van der Waals surface area contributed by atoms with Crippen LogP contribution in [0.1, 0.15) is 31.4 Å². The van der Waals surface area contributed by atoms with Crippen LogP contribution in [-0.2, 0) is 4.79 Å². The Kier molecular flexibility index (Phi) is 3.69. The second-order valence-corrected chi connectivity index (χ2v) is 4.97. The molecule has 1 aliphatic carbocycles. The Balaban J connectivity index is 2.18. The molecule has 2 rings (SSSR count). The van der Waals surface area contributed by atoms with E-state index in [1.807, 2.05) is 24.3 Å². The summed E-state index contributed by atoms with van der Waals surface area (Å²) in [5.41, 5.74) is 6.36. The predicted octanol–water partition coefficient (Wildman–Crippen LogP) is 2.35. The Morgan fingerprint density at radius 1 is 1.53 bits per heavy atom. The quantitative estimate of drug-likeness (QED) is 0.875. The molecule has 1 fully saturated rings. The third kappa shape index (κ3) is 2.99. The van der Waals surface area contributed by atoms with Crippen LogP contribution < -0.4 is 5.73 Å². The van der Waals surface area contributed by atoms with E-state index in [4.69, 9.17) is 17.3 Å². The molecule has 0 saturated heterocycles. The smallest absolute Gasteiger partial charge is 0.231 e.